The van der Waals surface area contributed by atoms with Crippen LogP contribution in [0.1, 0.15) is 5.56 Å². The molecule has 1 aliphatic heterocycles. The highest BCUT2D eigenvalue weighted by molar-refractivity contribution is 8.76. The van der Waals surface area contributed by atoms with E-state index in [1.54, 1.807) is 21.6 Å². The van der Waals surface area contributed by atoms with Crippen LogP contribution in [0.3, 0.4) is 0 Å². The van der Waals surface area contributed by atoms with Crippen LogP contribution in [0.4, 0.5) is 0 Å². The zero-order chi connectivity index (χ0) is 14.8. The molecule has 1 aromatic rings. The fourth-order valence-corrected chi connectivity index (χ4v) is 3.64. The van der Waals surface area contributed by atoms with Gasteiger partial charge in [0.05, 0.1) is 5.56 Å². The Hall–Kier alpha value is -1.65. The van der Waals surface area contributed by atoms with Crippen LogP contribution in [-0.2, 0) is 0 Å². The van der Waals surface area contributed by atoms with Gasteiger partial charge in [0.25, 0.3) is 0 Å². The van der Waals surface area contributed by atoms with Crippen molar-refractivity contribution in [2.75, 3.05) is 6.26 Å². The number of furan rings is 1. The minimum Gasteiger partial charge on any atom is -0.422 e. The molecule has 2 aliphatic rings. The van der Waals surface area contributed by atoms with E-state index in [4.69, 9.17) is 4.42 Å². The zero-order valence-corrected chi connectivity index (χ0v) is 13.4. The molecule has 3 rings (SSSR count). The Morgan fingerprint density at radius 3 is 2.52 bits per heavy atom. The maximum Gasteiger partial charge on any atom is 0.344 e. The summed E-state index contributed by atoms with van der Waals surface area (Å²) < 4.78 is 5.45. The highest BCUT2D eigenvalue weighted by Crippen LogP contribution is 2.35. The Bertz CT molecular complexity index is 791. The first-order valence-electron chi connectivity index (χ1n) is 6.53. The first-order chi connectivity index (χ1) is 10.2. The van der Waals surface area contributed by atoms with Crippen LogP contribution in [0.2, 0.25) is 0 Å². The minimum atomic E-state index is -0.278. The first-order valence-corrected chi connectivity index (χ1v) is 9.09. The lowest BCUT2D eigenvalue weighted by Gasteiger charge is -1.99. The Labute approximate surface area is 131 Å². The average Bonchev–Trinajstić information content (AvgIpc) is 2.64. The highest BCUT2D eigenvalue weighted by atomic mass is 33.1. The molecule has 0 saturated heterocycles. The number of hydrogen-bond donors (Lipinski definition) is 0. The Balaban J connectivity index is 2.17. The van der Waals surface area contributed by atoms with Gasteiger partial charge in [0.2, 0.25) is 0 Å². The number of fused-ring (bicyclic) bond motifs is 1. The lowest BCUT2D eigenvalue weighted by Crippen LogP contribution is -1.95. The second kappa shape index (κ2) is 6.00. The third kappa shape index (κ3) is 2.87. The predicted molar refractivity (Wildman–Crippen MR) is 91.1 cm³/mol. The molecule has 4 heteroatoms. The Morgan fingerprint density at radius 2 is 1.81 bits per heavy atom. The largest absolute Gasteiger partial charge is 0.422 e. The molecule has 2 nitrogen and oxygen atoms in total. The highest BCUT2D eigenvalue weighted by Gasteiger charge is 2.18. The van der Waals surface area contributed by atoms with Gasteiger partial charge in [-0.05, 0) is 30.9 Å². The second-order valence-corrected chi connectivity index (χ2v) is 7.20. The summed E-state index contributed by atoms with van der Waals surface area (Å²) >= 11 is 0. The molecule has 1 heterocycles. The molecule has 21 heavy (non-hydrogen) atoms. The van der Waals surface area contributed by atoms with Gasteiger partial charge in [-0.25, -0.2) is 4.79 Å². The minimum absolute atomic E-state index is 0.278. The maximum absolute atomic E-state index is 12.2. The molecule has 0 spiro atoms. The van der Waals surface area contributed by atoms with Gasteiger partial charge in [-0.2, -0.15) is 0 Å². The van der Waals surface area contributed by atoms with Crippen molar-refractivity contribution in [2.45, 2.75) is 11.8 Å². The molecule has 0 N–H and O–H groups in total. The fraction of sp³-hybridized carbons (Fsp3) is 0.118. The molecule has 0 radical (unpaired) electrons. The lowest BCUT2D eigenvalue weighted by atomic mass is 10.0. The normalized spacial score (nSPS) is 11.0. The van der Waals surface area contributed by atoms with Crippen molar-refractivity contribution in [1.29, 1.82) is 0 Å². The van der Waals surface area contributed by atoms with Crippen molar-refractivity contribution in [3.05, 3.63) is 64.5 Å². The average molecular weight is 314 g/mol. The SMILES string of the molecule is CSSc1cccc2c(-c3ccc(C)cc3)c(=O)oc-2c1. The van der Waals surface area contributed by atoms with Gasteiger partial charge in [0.1, 0.15) is 5.76 Å². The van der Waals surface area contributed by atoms with E-state index in [1.807, 2.05) is 61.7 Å². The number of hydrogen-bond acceptors (Lipinski definition) is 4. The Kier molecular flexibility index (Phi) is 4.08. The van der Waals surface area contributed by atoms with Crippen LogP contribution in [0.15, 0.2) is 62.6 Å². The van der Waals surface area contributed by atoms with E-state index in [2.05, 4.69) is 0 Å². The Morgan fingerprint density at radius 1 is 1.05 bits per heavy atom. The van der Waals surface area contributed by atoms with Gasteiger partial charge in [-0.15, -0.1) is 0 Å². The summed E-state index contributed by atoms with van der Waals surface area (Å²) in [7, 11) is 3.32. The smallest absolute Gasteiger partial charge is 0.344 e. The summed E-state index contributed by atoms with van der Waals surface area (Å²) in [5.74, 6) is 0.636. The number of benzene rings is 1. The quantitative estimate of drug-likeness (QED) is 0.630. The van der Waals surface area contributed by atoms with Crippen molar-refractivity contribution < 1.29 is 4.42 Å². The molecule has 0 bridgehead atoms. The van der Waals surface area contributed by atoms with E-state index in [1.165, 1.54) is 5.56 Å². The third-order valence-electron chi connectivity index (χ3n) is 3.26. The van der Waals surface area contributed by atoms with Crippen molar-refractivity contribution in [2.24, 2.45) is 0 Å². The molecule has 0 amide bonds. The first kappa shape index (κ1) is 14.3. The molecule has 1 aromatic carbocycles. The van der Waals surface area contributed by atoms with Crippen LogP contribution in [0, 0.1) is 6.92 Å². The van der Waals surface area contributed by atoms with Gasteiger partial charge in [-0.1, -0.05) is 63.5 Å². The van der Waals surface area contributed by atoms with Crippen molar-refractivity contribution in [3.8, 4) is 22.5 Å². The molecular formula is C17H14O2S2. The van der Waals surface area contributed by atoms with Crippen LogP contribution >= 0.6 is 21.6 Å². The molecular weight excluding hydrogens is 300 g/mol. The molecule has 0 saturated carbocycles. The third-order valence-corrected chi connectivity index (χ3v) is 4.95. The summed E-state index contributed by atoms with van der Waals surface area (Å²) in [6, 6.07) is 15.8. The maximum atomic E-state index is 12.2. The van der Waals surface area contributed by atoms with Crippen LogP contribution in [-0.4, -0.2) is 6.26 Å². The lowest BCUT2D eigenvalue weighted by molar-refractivity contribution is 0.545. The van der Waals surface area contributed by atoms with E-state index in [-0.39, 0.29) is 5.63 Å². The van der Waals surface area contributed by atoms with Gasteiger partial charge in [0.15, 0.2) is 0 Å². The van der Waals surface area contributed by atoms with Crippen molar-refractivity contribution >= 4 is 21.6 Å². The molecule has 0 unspecified atom stereocenters. The molecule has 0 fully saturated rings. The van der Waals surface area contributed by atoms with E-state index in [0.29, 0.717) is 11.3 Å². The van der Waals surface area contributed by atoms with E-state index in [0.717, 1.165) is 16.0 Å². The number of aryl methyl sites for hydroxylation is 1. The molecule has 0 atom stereocenters. The summed E-state index contributed by atoms with van der Waals surface area (Å²) in [6.45, 7) is 2.03. The van der Waals surface area contributed by atoms with Gasteiger partial charge >= 0.3 is 5.63 Å². The van der Waals surface area contributed by atoms with Gasteiger partial charge in [0, 0.05) is 10.5 Å². The summed E-state index contributed by atoms with van der Waals surface area (Å²) in [6.07, 6.45) is 2.02. The van der Waals surface area contributed by atoms with Crippen molar-refractivity contribution in [3.63, 3.8) is 0 Å². The second-order valence-electron chi connectivity index (χ2n) is 4.73. The predicted octanol–water partition coefficient (Wildman–Crippen LogP) is 5.09. The van der Waals surface area contributed by atoms with E-state index >= 15 is 0 Å². The summed E-state index contributed by atoms with van der Waals surface area (Å²) in [4.78, 5) is 13.3. The number of rotatable bonds is 3. The van der Waals surface area contributed by atoms with Crippen molar-refractivity contribution in [1.82, 2.24) is 0 Å². The zero-order valence-electron chi connectivity index (χ0n) is 11.8. The molecule has 1 aliphatic carbocycles. The standard InChI is InChI=1S/C17H14O2S2/c1-11-6-8-12(9-7-11)16-14-5-3-4-13(21-20-2)10-15(14)19-17(16)18/h3-10H,1-2H3. The fourth-order valence-electron chi connectivity index (χ4n) is 2.27. The van der Waals surface area contributed by atoms with Crippen LogP contribution < -0.4 is 5.63 Å². The van der Waals surface area contributed by atoms with Gasteiger partial charge in [-0.3, -0.25) is 0 Å². The van der Waals surface area contributed by atoms with E-state index in [9.17, 15) is 4.79 Å². The topological polar surface area (TPSA) is 30.2 Å². The van der Waals surface area contributed by atoms with Gasteiger partial charge < -0.3 is 4.42 Å². The molecule has 106 valence electrons. The van der Waals surface area contributed by atoms with E-state index < -0.39 is 0 Å². The van der Waals surface area contributed by atoms with Crippen LogP contribution in [0.5, 0.6) is 0 Å². The van der Waals surface area contributed by atoms with Crippen LogP contribution in [0.25, 0.3) is 22.5 Å². The summed E-state index contributed by atoms with van der Waals surface area (Å²) in [5, 5.41) is 0. The molecule has 0 aromatic heterocycles. The summed E-state index contributed by atoms with van der Waals surface area (Å²) in [5.41, 5.74) is 3.29. The monoisotopic (exact) mass is 314 g/mol.